The standard InChI is InChI=1S/C23H22Cl6N2O4/c1-15(31-35-11-7-21(28)29)16-4-5-22(30-14-16)33-8-2-3-9-34-23-18(24)12-17(13-19(23)25)32-10-6-20(26)27/h4-7,12-14H,2-3,8-11H2,1H3. The molecular weight excluding hydrogens is 581 g/mol. The van der Waals surface area contributed by atoms with Crippen LogP contribution in [0.2, 0.25) is 10.0 Å². The molecule has 1 heterocycles. The summed E-state index contributed by atoms with van der Waals surface area (Å²) >= 11 is 34.6. The van der Waals surface area contributed by atoms with E-state index in [2.05, 4.69) is 10.1 Å². The maximum Gasteiger partial charge on any atom is 0.213 e. The Balaban J connectivity index is 1.71. The van der Waals surface area contributed by atoms with Crippen LogP contribution in [0.25, 0.3) is 0 Å². The van der Waals surface area contributed by atoms with Gasteiger partial charge < -0.3 is 19.0 Å². The van der Waals surface area contributed by atoms with Crippen LogP contribution in [0.4, 0.5) is 0 Å². The number of hydrogen-bond acceptors (Lipinski definition) is 6. The summed E-state index contributed by atoms with van der Waals surface area (Å²) in [6.07, 6.45) is 6.13. The van der Waals surface area contributed by atoms with Crippen molar-refractivity contribution < 1.29 is 19.0 Å². The third kappa shape index (κ3) is 11.8. The fraction of sp³-hybridized carbons (Fsp3) is 0.304. The van der Waals surface area contributed by atoms with E-state index in [1.54, 1.807) is 31.3 Å². The zero-order chi connectivity index (χ0) is 25.6. The Morgan fingerprint density at radius 2 is 1.51 bits per heavy atom. The second-order valence-corrected chi connectivity index (χ2v) is 9.61. The lowest BCUT2D eigenvalue weighted by Gasteiger charge is -2.12. The lowest BCUT2D eigenvalue weighted by molar-refractivity contribution is 0.174. The van der Waals surface area contributed by atoms with Crippen LogP contribution in [0.3, 0.4) is 0 Å². The van der Waals surface area contributed by atoms with Crippen LogP contribution < -0.4 is 14.2 Å². The first-order valence-corrected chi connectivity index (χ1v) is 12.6. The van der Waals surface area contributed by atoms with Gasteiger partial charge in [-0.2, -0.15) is 0 Å². The number of pyridine rings is 1. The van der Waals surface area contributed by atoms with Gasteiger partial charge in [-0.1, -0.05) is 74.8 Å². The van der Waals surface area contributed by atoms with Crippen LogP contribution in [-0.2, 0) is 4.84 Å². The highest BCUT2D eigenvalue weighted by molar-refractivity contribution is 6.56. The molecule has 0 spiro atoms. The summed E-state index contributed by atoms with van der Waals surface area (Å²) in [4.78, 5) is 9.38. The molecule has 0 unspecified atom stereocenters. The minimum Gasteiger partial charge on any atom is -0.490 e. The summed E-state index contributed by atoms with van der Waals surface area (Å²) in [5.74, 6) is 1.38. The molecule has 0 saturated heterocycles. The first kappa shape index (κ1) is 29.7. The van der Waals surface area contributed by atoms with Gasteiger partial charge >= 0.3 is 0 Å². The second-order valence-electron chi connectivity index (χ2n) is 6.78. The number of ether oxygens (including phenoxy) is 3. The molecule has 0 fully saturated rings. The summed E-state index contributed by atoms with van der Waals surface area (Å²) in [7, 11) is 0. The molecule has 2 rings (SSSR count). The second kappa shape index (κ2) is 16.3. The molecular formula is C23H22Cl6N2O4. The highest BCUT2D eigenvalue weighted by Crippen LogP contribution is 2.37. The van der Waals surface area contributed by atoms with Gasteiger partial charge in [-0.3, -0.25) is 0 Å². The SMILES string of the molecule is CC(=NOCC=C(Cl)Cl)c1ccc(OCCCCOc2c(Cl)cc(OCC=C(Cl)Cl)cc2Cl)nc1. The molecule has 2 aromatic rings. The Labute approximate surface area is 234 Å². The molecule has 6 nitrogen and oxygen atoms in total. The topological polar surface area (TPSA) is 62.2 Å². The van der Waals surface area contributed by atoms with E-state index in [9.17, 15) is 0 Å². The number of halogens is 6. The van der Waals surface area contributed by atoms with E-state index >= 15 is 0 Å². The van der Waals surface area contributed by atoms with Crippen LogP contribution in [0.5, 0.6) is 17.4 Å². The highest BCUT2D eigenvalue weighted by atomic mass is 35.5. The molecule has 0 aliphatic rings. The van der Waals surface area contributed by atoms with Crippen molar-refractivity contribution in [3.63, 3.8) is 0 Å². The third-order valence-corrected chi connectivity index (χ3v) is 5.34. The van der Waals surface area contributed by atoms with Crippen molar-refractivity contribution in [2.45, 2.75) is 19.8 Å². The van der Waals surface area contributed by atoms with E-state index in [4.69, 9.17) is 88.7 Å². The number of benzene rings is 1. The van der Waals surface area contributed by atoms with Gasteiger partial charge in [0.05, 0.1) is 29.0 Å². The van der Waals surface area contributed by atoms with E-state index in [-0.39, 0.29) is 22.2 Å². The fourth-order valence-electron chi connectivity index (χ4n) is 2.48. The monoisotopic (exact) mass is 600 g/mol. The molecule has 0 atom stereocenters. The van der Waals surface area contributed by atoms with E-state index in [1.807, 2.05) is 6.07 Å². The molecule has 1 aromatic heterocycles. The van der Waals surface area contributed by atoms with Gasteiger partial charge in [-0.05, 0) is 38.0 Å². The molecule has 190 valence electrons. The van der Waals surface area contributed by atoms with Crippen molar-refractivity contribution in [2.24, 2.45) is 5.16 Å². The number of rotatable bonds is 14. The molecule has 0 radical (unpaired) electrons. The molecule has 0 bridgehead atoms. The van der Waals surface area contributed by atoms with Gasteiger partial charge in [0, 0.05) is 30.0 Å². The van der Waals surface area contributed by atoms with E-state index < -0.39 is 0 Å². The van der Waals surface area contributed by atoms with E-state index in [0.29, 0.717) is 46.3 Å². The van der Waals surface area contributed by atoms with Gasteiger partial charge in [-0.25, -0.2) is 4.98 Å². The maximum absolute atomic E-state index is 6.26. The fourth-order valence-corrected chi connectivity index (χ4v) is 3.31. The predicted octanol–water partition coefficient (Wildman–Crippen LogP) is 8.38. The van der Waals surface area contributed by atoms with Gasteiger partial charge in [0.15, 0.2) is 5.75 Å². The molecule has 0 aliphatic carbocycles. The minimum absolute atomic E-state index is 0.118. The third-order valence-electron chi connectivity index (χ3n) is 4.16. The van der Waals surface area contributed by atoms with Crippen LogP contribution in [0, 0.1) is 0 Å². The predicted molar refractivity (Wildman–Crippen MR) is 144 cm³/mol. The summed E-state index contributed by atoms with van der Waals surface area (Å²) in [6.45, 7) is 3.06. The average Bonchev–Trinajstić information content (AvgIpc) is 2.80. The van der Waals surface area contributed by atoms with Crippen molar-refractivity contribution in [3.8, 4) is 17.4 Å². The van der Waals surface area contributed by atoms with Crippen LogP contribution in [-0.4, -0.2) is 37.1 Å². The number of hydrogen-bond donors (Lipinski definition) is 0. The molecule has 0 N–H and O–H groups in total. The number of oxime groups is 1. The molecule has 1 aromatic carbocycles. The van der Waals surface area contributed by atoms with Gasteiger partial charge in [0.1, 0.15) is 27.9 Å². The van der Waals surface area contributed by atoms with Crippen LogP contribution >= 0.6 is 69.6 Å². The normalized spacial score (nSPS) is 11.0. The summed E-state index contributed by atoms with van der Waals surface area (Å²) in [6, 6.07) is 6.83. The van der Waals surface area contributed by atoms with Crippen molar-refractivity contribution in [1.29, 1.82) is 0 Å². The maximum atomic E-state index is 6.26. The number of unbranched alkanes of at least 4 members (excludes halogenated alkanes) is 1. The number of aromatic nitrogens is 1. The Hall–Kier alpha value is -1.54. The molecule has 0 aliphatic heterocycles. The Morgan fingerprint density at radius 1 is 0.886 bits per heavy atom. The first-order chi connectivity index (χ1) is 16.8. The van der Waals surface area contributed by atoms with Crippen molar-refractivity contribution >= 4 is 75.3 Å². The lowest BCUT2D eigenvalue weighted by Crippen LogP contribution is -2.05. The number of nitrogens with zero attached hydrogens (tertiary/aromatic N) is 2. The largest absolute Gasteiger partial charge is 0.490 e. The molecule has 0 saturated carbocycles. The van der Waals surface area contributed by atoms with Crippen LogP contribution in [0.1, 0.15) is 25.3 Å². The molecule has 12 heteroatoms. The Bertz CT molecular complexity index is 1010. The first-order valence-electron chi connectivity index (χ1n) is 10.3. The Kier molecular flexibility index (Phi) is 13.8. The van der Waals surface area contributed by atoms with Gasteiger partial charge in [-0.15, -0.1) is 0 Å². The van der Waals surface area contributed by atoms with Crippen molar-refractivity contribution in [2.75, 3.05) is 26.4 Å². The van der Waals surface area contributed by atoms with Crippen molar-refractivity contribution in [1.82, 2.24) is 4.98 Å². The Morgan fingerprint density at radius 3 is 2.11 bits per heavy atom. The lowest BCUT2D eigenvalue weighted by atomic mass is 10.2. The van der Waals surface area contributed by atoms with Gasteiger partial charge in [0.2, 0.25) is 5.88 Å². The minimum atomic E-state index is 0.118. The van der Waals surface area contributed by atoms with Gasteiger partial charge in [0.25, 0.3) is 0 Å². The summed E-state index contributed by atoms with van der Waals surface area (Å²) in [5, 5.41) is 4.67. The highest BCUT2D eigenvalue weighted by Gasteiger charge is 2.11. The zero-order valence-corrected chi connectivity index (χ0v) is 23.1. The molecule has 0 amide bonds. The van der Waals surface area contributed by atoms with Crippen molar-refractivity contribution in [3.05, 3.63) is 67.2 Å². The van der Waals surface area contributed by atoms with E-state index in [0.717, 1.165) is 18.4 Å². The smallest absolute Gasteiger partial charge is 0.213 e. The average molecular weight is 603 g/mol. The molecule has 35 heavy (non-hydrogen) atoms. The quantitative estimate of drug-likeness (QED) is 0.123. The van der Waals surface area contributed by atoms with Crippen LogP contribution in [0.15, 0.2) is 56.8 Å². The van der Waals surface area contributed by atoms with E-state index in [1.165, 1.54) is 12.2 Å². The summed E-state index contributed by atoms with van der Waals surface area (Å²) in [5.41, 5.74) is 1.46. The zero-order valence-electron chi connectivity index (χ0n) is 18.6. The summed E-state index contributed by atoms with van der Waals surface area (Å²) < 4.78 is 17.1.